The van der Waals surface area contributed by atoms with E-state index in [1.54, 1.807) is 36.4 Å². The first-order valence-electron chi connectivity index (χ1n) is 9.87. The van der Waals surface area contributed by atoms with Gasteiger partial charge in [-0.05, 0) is 47.5 Å². The molecule has 0 saturated heterocycles. The van der Waals surface area contributed by atoms with Crippen LogP contribution in [-0.2, 0) is 0 Å². The normalized spacial score (nSPS) is 12.3. The number of anilines is 4. The monoisotopic (exact) mass is 405 g/mol. The molecule has 1 aliphatic carbocycles. The van der Waals surface area contributed by atoms with E-state index in [-0.39, 0.29) is 17.1 Å². The summed E-state index contributed by atoms with van der Waals surface area (Å²) in [5.41, 5.74) is 17.7. The van der Waals surface area contributed by atoms with E-state index < -0.39 is 0 Å². The second kappa shape index (κ2) is 7.15. The number of nitrogens with two attached hydrogens (primary N) is 2. The second-order valence-corrected chi connectivity index (χ2v) is 7.48. The average Bonchev–Trinajstić information content (AvgIpc) is 2.79. The number of benzene rings is 4. The summed E-state index contributed by atoms with van der Waals surface area (Å²) in [7, 11) is 0. The first-order chi connectivity index (χ1) is 15.0. The Morgan fingerprint density at radius 1 is 0.581 bits per heavy atom. The van der Waals surface area contributed by atoms with Gasteiger partial charge < -0.3 is 16.8 Å². The molecule has 0 radical (unpaired) electrons. The molecule has 4 aromatic rings. The highest BCUT2D eigenvalue weighted by molar-refractivity contribution is 6.31. The van der Waals surface area contributed by atoms with Crippen LogP contribution in [0.3, 0.4) is 0 Å². The smallest absolute Gasteiger partial charge is 0.196 e. The van der Waals surface area contributed by atoms with Crippen molar-refractivity contribution < 1.29 is 9.59 Å². The summed E-state index contributed by atoms with van der Waals surface area (Å²) in [4.78, 5) is 26.3. The van der Waals surface area contributed by atoms with Crippen molar-refractivity contribution in [1.29, 1.82) is 0 Å². The van der Waals surface area contributed by atoms with Crippen LogP contribution in [-0.4, -0.2) is 11.6 Å². The summed E-state index contributed by atoms with van der Waals surface area (Å²) in [6, 6.07) is 25.7. The topological polar surface area (TPSA) is 98.2 Å². The third kappa shape index (κ3) is 3.13. The molecule has 0 fully saturated rings. The number of hydrogen-bond acceptors (Lipinski definition) is 5. The van der Waals surface area contributed by atoms with E-state index in [2.05, 4.69) is 5.32 Å². The molecule has 5 N–H and O–H groups in total. The van der Waals surface area contributed by atoms with Gasteiger partial charge in [0, 0.05) is 28.2 Å². The summed E-state index contributed by atoms with van der Waals surface area (Å²) in [6.07, 6.45) is 0. The molecule has 0 heterocycles. The van der Waals surface area contributed by atoms with E-state index in [0.717, 1.165) is 22.5 Å². The lowest BCUT2D eigenvalue weighted by molar-refractivity contribution is 0.0980. The zero-order chi connectivity index (χ0) is 21.5. The van der Waals surface area contributed by atoms with Crippen LogP contribution >= 0.6 is 0 Å². The van der Waals surface area contributed by atoms with Gasteiger partial charge in [0.05, 0.1) is 16.8 Å². The highest BCUT2D eigenvalue weighted by Gasteiger charge is 2.33. The lowest BCUT2D eigenvalue weighted by atomic mass is 9.82. The second-order valence-electron chi connectivity index (χ2n) is 7.48. The molecule has 0 unspecified atom stereocenters. The minimum Gasteiger partial charge on any atom is -0.399 e. The van der Waals surface area contributed by atoms with E-state index in [1.165, 1.54) is 0 Å². The first kappa shape index (κ1) is 18.6. The van der Waals surface area contributed by atoms with Crippen molar-refractivity contribution in [3.8, 4) is 11.1 Å². The molecule has 5 heteroatoms. The molecule has 5 rings (SSSR count). The van der Waals surface area contributed by atoms with Crippen molar-refractivity contribution >= 4 is 34.3 Å². The first-order valence-corrected chi connectivity index (χ1v) is 9.87. The van der Waals surface area contributed by atoms with Gasteiger partial charge in [0.15, 0.2) is 11.6 Å². The van der Waals surface area contributed by atoms with E-state index in [1.807, 2.05) is 48.5 Å². The van der Waals surface area contributed by atoms with Crippen LogP contribution in [0.4, 0.5) is 22.7 Å². The quantitative estimate of drug-likeness (QED) is 0.365. The molecule has 0 aromatic heterocycles. The van der Waals surface area contributed by atoms with E-state index in [9.17, 15) is 9.59 Å². The molecule has 31 heavy (non-hydrogen) atoms. The third-order valence-corrected chi connectivity index (χ3v) is 5.52. The van der Waals surface area contributed by atoms with Crippen LogP contribution < -0.4 is 16.8 Å². The van der Waals surface area contributed by atoms with Gasteiger partial charge in [-0.1, -0.05) is 48.5 Å². The SMILES string of the molecule is Nc1ccc(-c2ccc(Nc3ccc(N)c4c3C(=O)c3ccccc3C4=O)cc2)cc1. The zero-order valence-corrected chi connectivity index (χ0v) is 16.6. The zero-order valence-electron chi connectivity index (χ0n) is 16.6. The minimum atomic E-state index is -0.231. The molecular formula is C26H19N3O2. The fourth-order valence-electron chi connectivity index (χ4n) is 3.93. The Labute approximate surface area is 179 Å². The number of nitrogen functional groups attached to an aromatic ring is 2. The van der Waals surface area contributed by atoms with Crippen molar-refractivity contribution in [2.75, 3.05) is 16.8 Å². The molecule has 1 aliphatic rings. The Morgan fingerprint density at radius 2 is 1.13 bits per heavy atom. The summed E-state index contributed by atoms with van der Waals surface area (Å²) < 4.78 is 0. The summed E-state index contributed by atoms with van der Waals surface area (Å²) >= 11 is 0. The molecule has 0 atom stereocenters. The molecule has 0 bridgehead atoms. The molecular weight excluding hydrogens is 386 g/mol. The largest absolute Gasteiger partial charge is 0.399 e. The molecule has 0 aliphatic heterocycles. The number of fused-ring (bicyclic) bond motifs is 2. The number of carbonyl (C=O) groups is 2. The maximum Gasteiger partial charge on any atom is 0.196 e. The average molecular weight is 405 g/mol. The summed E-state index contributed by atoms with van der Waals surface area (Å²) in [5, 5.41) is 3.28. The van der Waals surface area contributed by atoms with Gasteiger partial charge in [-0.2, -0.15) is 0 Å². The van der Waals surface area contributed by atoms with Crippen molar-refractivity contribution in [2.24, 2.45) is 0 Å². The molecule has 150 valence electrons. The van der Waals surface area contributed by atoms with Crippen LogP contribution in [0.25, 0.3) is 11.1 Å². The van der Waals surface area contributed by atoms with Gasteiger partial charge >= 0.3 is 0 Å². The minimum absolute atomic E-state index is 0.210. The van der Waals surface area contributed by atoms with Gasteiger partial charge in [0.2, 0.25) is 0 Å². The number of ketones is 2. The Balaban J connectivity index is 1.52. The Hall–Kier alpha value is -4.38. The third-order valence-electron chi connectivity index (χ3n) is 5.52. The van der Waals surface area contributed by atoms with Crippen molar-refractivity contribution in [3.63, 3.8) is 0 Å². The molecule has 0 saturated carbocycles. The molecule has 0 spiro atoms. The fraction of sp³-hybridized carbons (Fsp3) is 0. The van der Waals surface area contributed by atoms with Crippen molar-refractivity contribution in [2.45, 2.75) is 0 Å². The van der Waals surface area contributed by atoms with Gasteiger partial charge in [-0.15, -0.1) is 0 Å². The highest BCUT2D eigenvalue weighted by atomic mass is 16.1. The summed E-state index contributed by atoms with van der Waals surface area (Å²) in [6.45, 7) is 0. The van der Waals surface area contributed by atoms with Crippen LogP contribution in [0, 0.1) is 0 Å². The van der Waals surface area contributed by atoms with Crippen molar-refractivity contribution in [3.05, 3.63) is 107 Å². The van der Waals surface area contributed by atoms with Crippen molar-refractivity contribution in [1.82, 2.24) is 0 Å². The van der Waals surface area contributed by atoms with Gasteiger partial charge in [0.1, 0.15) is 0 Å². The number of carbonyl (C=O) groups excluding carboxylic acids is 2. The molecule has 4 aromatic carbocycles. The summed E-state index contributed by atoms with van der Waals surface area (Å²) in [5.74, 6) is -0.441. The maximum atomic E-state index is 13.2. The van der Waals surface area contributed by atoms with Gasteiger partial charge in [-0.3, -0.25) is 9.59 Å². The predicted molar refractivity (Wildman–Crippen MR) is 124 cm³/mol. The highest BCUT2D eigenvalue weighted by Crippen LogP contribution is 2.36. The number of hydrogen-bond donors (Lipinski definition) is 3. The lowest BCUT2D eigenvalue weighted by Gasteiger charge is -2.22. The Kier molecular flexibility index (Phi) is 4.30. The van der Waals surface area contributed by atoms with E-state index >= 15 is 0 Å². The van der Waals surface area contributed by atoms with Crippen LogP contribution in [0.1, 0.15) is 31.8 Å². The van der Waals surface area contributed by atoms with E-state index in [0.29, 0.717) is 28.1 Å². The van der Waals surface area contributed by atoms with Gasteiger partial charge in [0.25, 0.3) is 0 Å². The fourth-order valence-corrected chi connectivity index (χ4v) is 3.93. The standard InChI is InChI=1S/C26H19N3O2/c27-17-9-5-15(6-10-17)16-7-11-18(12-8-16)29-22-14-13-21(28)23-24(22)26(31)20-4-2-1-3-19(20)25(23)30/h1-14,29H,27-28H2. The number of rotatable bonds is 3. The molecule has 0 amide bonds. The predicted octanol–water partition coefficient (Wildman–Crippen LogP) is 5.04. The van der Waals surface area contributed by atoms with Gasteiger partial charge in [-0.25, -0.2) is 0 Å². The molecule has 5 nitrogen and oxygen atoms in total. The maximum absolute atomic E-state index is 13.2. The number of nitrogens with one attached hydrogen (secondary N) is 1. The Bertz CT molecular complexity index is 1340. The van der Waals surface area contributed by atoms with E-state index in [4.69, 9.17) is 11.5 Å². The van der Waals surface area contributed by atoms with Crippen LogP contribution in [0.15, 0.2) is 84.9 Å². The lowest BCUT2D eigenvalue weighted by Crippen LogP contribution is -2.23. The van der Waals surface area contributed by atoms with Crippen LogP contribution in [0.5, 0.6) is 0 Å². The van der Waals surface area contributed by atoms with Crippen LogP contribution in [0.2, 0.25) is 0 Å². The Morgan fingerprint density at radius 3 is 1.74 bits per heavy atom.